The number of nitrogens with zero attached hydrogens (tertiary/aromatic N) is 6. The van der Waals surface area contributed by atoms with Crippen molar-refractivity contribution in [2.45, 2.75) is 19.6 Å². The van der Waals surface area contributed by atoms with Gasteiger partial charge in [0.25, 0.3) is 0 Å². The quantitative estimate of drug-likeness (QED) is 0.439. The lowest BCUT2D eigenvalue weighted by atomic mass is 10.1. The van der Waals surface area contributed by atoms with E-state index in [1.165, 1.54) is 12.4 Å². The van der Waals surface area contributed by atoms with Gasteiger partial charge in [0.15, 0.2) is 11.6 Å². The van der Waals surface area contributed by atoms with Crippen LogP contribution in [0.4, 0.5) is 14.6 Å². The molecule has 0 amide bonds. The van der Waals surface area contributed by atoms with Crippen molar-refractivity contribution in [1.82, 2.24) is 29.9 Å². The van der Waals surface area contributed by atoms with Crippen molar-refractivity contribution in [3.8, 4) is 17.3 Å². The maximum absolute atomic E-state index is 12.8. The first-order chi connectivity index (χ1) is 14.5. The molecule has 3 heterocycles. The number of aromatic nitrogens is 6. The van der Waals surface area contributed by atoms with Gasteiger partial charge < -0.3 is 10.1 Å². The number of halogens is 3. The Balaban J connectivity index is 1.73. The minimum absolute atomic E-state index is 0.0506. The minimum Gasteiger partial charge on any atom is -0.432 e. The van der Waals surface area contributed by atoms with Crippen LogP contribution in [0.25, 0.3) is 22.4 Å². The number of ether oxygens (including phenoxy) is 1. The van der Waals surface area contributed by atoms with Crippen LogP contribution in [0.3, 0.4) is 0 Å². The first-order valence-corrected chi connectivity index (χ1v) is 9.56. The molecule has 0 bridgehead atoms. The minimum atomic E-state index is -2.97. The van der Waals surface area contributed by atoms with E-state index in [0.717, 1.165) is 0 Å². The summed E-state index contributed by atoms with van der Waals surface area (Å²) in [7, 11) is 0. The molecule has 1 atom stereocenters. The predicted octanol–water partition coefficient (Wildman–Crippen LogP) is 4.41. The summed E-state index contributed by atoms with van der Waals surface area (Å²) in [5, 5.41) is 3.76. The molecule has 30 heavy (non-hydrogen) atoms. The van der Waals surface area contributed by atoms with Gasteiger partial charge in [0, 0.05) is 34.6 Å². The average molecular weight is 474 g/mol. The Morgan fingerprint density at radius 1 is 0.967 bits per heavy atom. The van der Waals surface area contributed by atoms with E-state index in [2.05, 4.69) is 55.9 Å². The Hall–Kier alpha value is -3.34. The lowest BCUT2D eigenvalue weighted by Gasteiger charge is -2.18. The van der Waals surface area contributed by atoms with Crippen LogP contribution in [0.5, 0.6) is 5.75 Å². The van der Waals surface area contributed by atoms with Crippen LogP contribution in [0.2, 0.25) is 0 Å². The number of rotatable bonds is 6. The molecule has 0 aliphatic heterocycles. The Kier molecular flexibility index (Phi) is 5.70. The summed E-state index contributed by atoms with van der Waals surface area (Å²) in [4.78, 5) is 25.6. The molecule has 0 saturated carbocycles. The van der Waals surface area contributed by atoms with Gasteiger partial charge >= 0.3 is 6.61 Å². The number of anilines is 1. The lowest BCUT2D eigenvalue weighted by molar-refractivity contribution is -0.0489. The summed E-state index contributed by atoms with van der Waals surface area (Å²) < 4.78 is 30.7. The summed E-state index contributed by atoms with van der Waals surface area (Å²) in [6.45, 7) is -1.10. The molecule has 8 nitrogen and oxygen atoms in total. The largest absolute Gasteiger partial charge is 0.432 e. The Morgan fingerprint density at radius 3 is 2.50 bits per heavy atom. The standard InChI is InChI=1S/C19H14BrF2N7O/c1-10(14-16(24-6-5-23-14)18-25-3-2-4-26-18)29-17-12-7-11(20)8-13(30-19(21)22)15(12)27-9-28-17/h2-10,19H,1H3,(H,27,28,29). The van der Waals surface area contributed by atoms with Crippen molar-refractivity contribution in [2.75, 3.05) is 5.32 Å². The van der Waals surface area contributed by atoms with Crippen LogP contribution < -0.4 is 10.1 Å². The maximum atomic E-state index is 12.8. The molecule has 4 aromatic rings. The second-order valence-corrected chi connectivity index (χ2v) is 7.05. The number of alkyl halides is 2. The average Bonchev–Trinajstić information content (AvgIpc) is 2.74. The van der Waals surface area contributed by atoms with Gasteiger partial charge in [-0.05, 0) is 25.1 Å². The third-order valence-corrected chi connectivity index (χ3v) is 4.61. The molecule has 11 heteroatoms. The summed E-state index contributed by atoms with van der Waals surface area (Å²) in [6.07, 6.45) is 7.66. The second-order valence-electron chi connectivity index (χ2n) is 6.13. The number of hydrogen-bond donors (Lipinski definition) is 1. The normalized spacial score (nSPS) is 12.2. The highest BCUT2D eigenvalue weighted by Crippen LogP contribution is 2.34. The Morgan fingerprint density at radius 2 is 1.73 bits per heavy atom. The fraction of sp³-hybridized carbons (Fsp3) is 0.158. The van der Waals surface area contributed by atoms with Crippen LogP contribution in [0.1, 0.15) is 18.7 Å². The van der Waals surface area contributed by atoms with E-state index in [-0.39, 0.29) is 17.3 Å². The molecule has 3 aromatic heterocycles. The molecule has 1 unspecified atom stereocenters. The van der Waals surface area contributed by atoms with Gasteiger partial charge in [-0.3, -0.25) is 4.98 Å². The van der Waals surface area contributed by atoms with Gasteiger partial charge in [0.05, 0.1) is 11.7 Å². The van der Waals surface area contributed by atoms with Gasteiger partial charge in [-0.2, -0.15) is 8.78 Å². The monoisotopic (exact) mass is 473 g/mol. The van der Waals surface area contributed by atoms with Gasteiger partial charge in [-0.1, -0.05) is 15.9 Å². The first kappa shape index (κ1) is 20.0. The van der Waals surface area contributed by atoms with Crippen molar-refractivity contribution in [3.63, 3.8) is 0 Å². The molecular formula is C19H14BrF2N7O. The first-order valence-electron chi connectivity index (χ1n) is 8.77. The molecule has 0 aliphatic carbocycles. The van der Waals surface area contributed by atoms with Crippen LogP contribution in [0.15, 0.2) is 53.8 Å². The summed E-state index contributed by atoms with van der Waals surface area (Å²) >= 11 is 3.31. The molecule has 1 N–H and O–H groups in total. The molecule has 152 valence electrons. The van der Waals surface area contributed by atoms with E-state index in [1.54, 1.807) is 36.9 Å². The van der Waals surface area contributed by atoms with Gasteiger partial charge in [-0.15, -0.1) is 0 Å². The van der Waals surface area contributed by atoms with E-state index in [9.17, 15) is 8.78 Å². The summed E-state index contributed by atoms with van der Waals surface area (Å²) in [6, 6.07) is 4.52. The number of hydrogen-bond acceptors (Lipinski definition) is 8. The molecule has 0 aliphatic rings. The van der Waals surface area contributed by atoms with Crippen LogP contribution in [-0.2, 0) is 0 Å². The number of fused-ring (bicyclic) bond motifs is 1. The number of nitrogens with one attached hydrogen (secondary N) is 1. The third-order valence-electron chi connectivity index (χ3n) is 4.15. The van der Waals surface area contributed by atoms with Gasteiger partial charge in [-0.25, -0.2) is 24.9 Å². The summed E-state index contributed by atoms with van der Waals surface area (Å²) in [5.74, 6) is 0.820. The second kappa shape index (κ2) is 8.57. The Bertz CT molecular complexity index is 1180. The van der Waals surface area contributed by atoms with Crippen LogP contribution >= 0.6 is 15.9 Å². The van der Waals surface area contributed by atoms with Crippen molar-refractivity contribution >= 4 is 32.7 Å². The summed E-state index contributed by atoms with van der Waals surface area (Å²) in [5.41, 5.74) is 1.39. The zero-order valence-corrected chi connectivity index (χ0v) is 17.1. The van der Waals surface area contributed by atoms with E-state index in [4.69, 9.17) is 0 Å². The van der Waals surface area contributed by atoms with Gasteiger partial charge in [0.1, 0.15) is 23.4 Å². The molecule has 4 rings (SSSR count). The fourth-order valence-electron chi connectivity index (χ4n) is 2.94. The fourth-order valence-corrected chi connectivity index (χ4v) is 3.37. The van der Waals surface area contributed by atoms with Crippen LogP contribution in [-0.4, -0.2) is 36.5 Å². The van der Waals surface area contributed by atoms with E-state index >= 15 is 0 Å². The third kappa shape index (κ3) is 4.15. The molecule has 0 saturated heterocycles. The topological polar surface area (TPSA) is 98.6 Å². The highest BCUT2D eigenvalue weighted by molar-refractivity contribution is 9.10. The molecule has 1 aromatic carbocycles. The van der Waals surface area contributed by atoms with Crippen molar-refractivity contribution in [3.05, 3.63) is 59.5 Å². The highest BCUT2D eigenvalue weighted by atomic mass is 79.9. The lowest BCUT2D eigenvalue weighted by Crippen LogP contribution is -2.13. The molecular weight excluding hydrogens is 460 g/mol. The van der Waals surface area contributed by atoms with Crippen molar-refractivity contribution < 1.29 is 13.5 Å². The predicted molar refractivity (Wildman–Crippen MR) is 109 cm³/mol. The van der Waals surface area contributed by atoms with Crippen molar-refractivity contribution in [2.24, 2.45) is 0 Å². The van der Waals surface area contributed by atoms with Crippen LogP contribution in [0, 0.1) is 0 Å². The molecule has 0 fully saturated rings. The van der Waals surface area contributed by atoms with Gasteiger partial charge in [0.2, 0.25) is 0 Å². The van der Waals surface area contributed by atoms with E-state index in [0.29, 0.717) is 32.9 Å². The molecule has 0 spiro atoms. The maximum Gasteiger partial charge on any atom is 0.387 e. The Labute approximate surface area is 178 Å². The highest BCUT2D eigenvalue weighted by Gasteiger charge is 2.19. The number of benzene rings is 1. The van der Waals surface area contributed by atoms with E-state index < -0.39 is 6.61 Å². The van der Waals surface area contributed by atoms with Crippen molar-refractivity contribution in [1.29, 1.82) is 0 Å². The zero-order chi connectivity index (χ0) is 21.1. The molecule has 0 radical (unpaired) electrons. The zero-order valence-electron chi connectivity index (χ0n) is 15.5. The SMILES string of the molecule is CC(Nc1ncnc2c(OC(F)F)cc(Br)cc12)c1nccnc1-c1ncccn1. The van der Waals surface area contributed by atoms with E-state index in [1.807, 2.05) is 6.92 Å². The smallest absolute Gasteiger partial charge is 0.387 e.